The van der Waals surface area contributed by atoms with E-state index in [1.165, 1.54) is 18.8 Å². The molecule has 0 atom stereocenters. The van der Waals surface area contributed by atoms with Gasteiger partial charge in [0.1, 0.15) is 5.65 Å². The van der Waals surface area contributed by atoms with Gasteiger partial charge in [0, 0.05) is 29.4 Å². The molecule has 1 saturated carbocycles. The van der Waals surface area contributed by atoms with Crippen molar-refractivity contribution in [3.8, 4) is 11.3 Å². The van der Waals surface area contributed by atoms with Crippen LogP contribution in [0.25, 0.3) is 22.3 Å². The molecule has 4 rings (SSSR count). The van der Waals surface area contributed by atoms with Gasteiger partial charge in [-0.25, -0.2) is 9.67 Å². The van der Waals surface area contributed by atoms with E-state index in [1.807, 2.05) is 6.07 Å². The third-order valence-electron chi connectivity index (χ3n) is 4.58. The molecule has 1 fully saturated rings. The van der Waals surface area contributed by atoms with E-state index >= 15 is 0 Å². The molecule has 5 nitrogen and oxygen atoms in total. The molecule has 1 aliphatic carbocycles. The summed E-state index contributed by atoms with van der Waals surface area (Å²) >= 11 is 5.98. The maximum Gasteiger partial charge on any atom is 0.333 e. The molecule has 1 aliphatic rings. The van der Waals surface area contributed by atoms with Gasteiger partial charge < -0.3 is 4.57 Å². The minimum Gasteiger partial charge on any atom is -0.322 e. The van der Waals surface area contributed by atoms with E-state index in [0.29, 0.717) is 10.2 Å². The van der Waals surface area contributed by atoms with Crippen LogP contribution in [0, 0.1) is 0 Å². The third-order valence-corrected chi connectivity index (χ3v) is 4.77. The number of alkyl halides is 2. The largest absolute Gasteiger partial charge is 0.333 e. The van der Waals surface area contributed by atoms with Crippen molar-refractivity contribution in [3.05, 3.63) is 29.9 Å². The van der Waals surface area contributed by atoms with Gasteiger partial charge in [0.05, 0.1) is 11.9 Å². The summed E-state index contributed by atoms with van der Waals surface area (Å²) in [5.41, 5.74) is 2.23. The number of hydrogen-bond acceptors (Lipinski definition) is 3. The zero-order valence-electron chi connectivity index (χ0n) is 12.9. The molecule has 0 aromatic carbocycles. The van der Waals surface area contributed by atoms with Crippen molar-refractivity contribution in [2.45, 2.75) is 44.7 Å². The molecule has 3 heterocycles. The number of fused-ring (bicyclic) bond motifs is 1. The Morgan fingerprint density at radius 3 is 2.67 bits per heavy atom. The van der Waals surface area contributed by atoms with Crippen LogP contribution in [0.1, 0.15) is 44.7 Å². The van der Waals surface area contributed by atoms with Gasteiger partial charge in [-0.05, 0) is 30.5 Å². The lowest BCUT2D eigenvalue weighted by Gasteiger charge is -2.25. The maximum absolute atomic E-state index is 12.9. The van der Waals surface area contributed by atoms with Gasteiger partial charge in [0.25, 0.3) is 0 Å². The molecular formula is C16H16ClF2N5. The van der Waals surface area contributed by atoms with Crippen LogP contribution < -0.4 is 0 Å². The van der Waals surface area contributed by atoms with Gasteiger partial charge in [-0.1, -0.05) is 19.3 Å². The Hall–Kier alpha value is -2.02. The second-order valence-corrected chi connectivity index (χ2v) is 6.43. The molecular weight excluding hydrogens is 336 g/mol. The molecule has 0 spiro atoms. The van der Waals surface area contributed by atoms with Gasteiger partial charge >= 0.3 is 6.55 Å². The Morgan fingerprint density at radius 2 is 1.96 bits per heavy atom. The molecule has 0 saturated heterocycles. The molecule has 3 aromatic rings. The standard InChI is InChI=1S/C16H16ClF2N5/c17-15-20-7-10-6-13(11-8-21-23(9-11)16(18)19)24(14(10)22-15)12-4-2-1-3-5-12/h6-9,12,16H,1-5H2. The average Bonchev–Trinajstić information content (AvgIpc) is 3.19. The fraction of sp³-hybridized carbons (Fsp3) is 0.438. The summed E-state index contributed by atoms with van der Waals surface area (Å²) in [6.45, 7) is -2.65. The Kier molecular flexibility index (Phi) is 3.96. The van der Waals surface area contributed by atoms with Crippen LogP contribution in [0.15, 0.2) is 24.7 Å². The van der Waals surface area contributed by atoms with Crippen molar-refractivity contribution < 1.29 is 8.78 Å². The van der Waals surface area contributed by atoms with E-state index in [1.54, 1.807) is 6.20 Å². The van der Waals surface area contributed by atoms with E-state index in [4.69, 9.17) is 11.6 Å². The van der Waals surface area contributed by atoms with Crippen molar-refractivity contribution in [3.63, 3.8) is 0 Å². The minimum atomic E-state index is -2.65. The van der Waals surface area contributed by atoms with Gasteiger partial charge in [-0.15, -0.1) is 0 Å². The fourth-order valence-corrected chi connectivity index (χ4v) is 3.62. The van der Waals surface area contributed by atoms with E-state index in [9.17, 15) is 8.78 Å². The highest BCUT2D eigenvalue weighted by atomic mass is 35.5. The molecule has 0 aliphatic heterocycles. The maximum atomic E-state index is 12.9. The number of hydrogen-bond donors (Lipinski definition) is 0. The molecule has 126 valence electrons. The predicted molar refractivity (Wildman–Crippen MR) is 87.1 cm³/mol. The number of halogens is 3. The van der Waals surface area contributed by atoms with Gasteiger partial charge in [0.2, 0.25) is 5.28 Å². The highest BCUT2D eigenvalue weighted by Gasteiger charge is 2.23. The van der Waals surface area contributed by atoms with Crippen LogP contribution in [-0.2, 0) is 0 Å². The summed E-state index contributed by atoms with van der Waals surface area (Å²) in [6.07, 6.45) is 10.1. The first kappa shape index (κ1) is 15.5. The van der Waals surface area contributed by atoms with Crippen LogP contribution in [0.5, 0.6) is 0 Å². The first-order chi connectivity index (χ1) is 11.6. The summed E-state index contributed by atoms with van der Waals surface area (Å²) in [5, 5.41) is 4.80. The number of aromatic nitrogens is 5. The molecule has 0 amide bonds. The SMILES string of the molecule is FC(F)n1cc(-c2cc3cnc(Cl)nc3n2C2CCCCC2)cn1. The Morgan fingerprint density at radius 1 is 1.17 bits per heavy atom. The summed E-state index contributed by atoms with van der Waals surface area (Å²) in [5.74, 6) is 0. The van der Waals surface area contributed by atoms with Crippen LogP contribution in [0.2, 0.25) is 5.28 Å². The zero-order chi connectivity index (χ0) is 16.7. The lowest BCUT2D eigenvalue weighted by atomic mass is 9.95. The summed E-state index contributed by atoms with van der Waals surface area (Å²) in [6, 6.07) is 2.21. The highest BCUT2D eigenvalue weighted by molar-refractivity contribution is 6.28. The van der Waals surface area contributed by atoms with E-state index in [0.717, 1.165) is 42.4 Å². The van der Waals surface area contributed by atoms with Crippen LogP contribution in [-0.4, -0.2) is 24.3 Å². The highest BCUT2D eigenvalue weighted by Crippen LogP contribution is 2.37. The van der Waals surface area contributed by atoms with Crippen molar-refractivity contribution in [2.75, 3.05) is 0 Å². The first-order valence-corrected chi connectivity index (χ1v) is 8.37. The summed E-state index contributed by atoms with van der Waals surface area (Å²) in [7, 11) is 0. The van der Waals surface area contributed by atoms with Crippen LogP contribution in [0.3, 0.4) is 0 Å². The third kappa shape index (κ3) is 2.66. The van der Waals surface area contributed by atoms with Crippen molar-refractivity contribution >= 4 is 22.6 Å². The minimum absolute atomic E-state index is 0.187. The zero-order valence-corrected chi connectivity index (χ0v) is 13.6. The molecule has 3 aromatic heterocycles. The van der Waals surface area contributed by atoms with Crippen LogP contribution in [0.4, 0.5) is 8.78 Å². The molecule has 0 N–H and O–H groups in total. The van der Waals surface area contributed by atoms with E-state index < -0.39 is 6.55 Å². The van der Waals surface area contributed by atoms with E-state index in [-0.39, 0.29) is 11.3 Å². The van der Waals surface area contributed by atoms with Crippen LogP contribution >= 0.6 is 11.6 Å². The lowest BCUT2D eigenvalue weighted by Crippen LogP contribution is -2.14. The smallest absolute Gasteiger partial charge is 0.322 e. The first-order valence-electron chi connectivity index (χ1n) is 7.99. The molecule has 24 heavy (non-hydrogen) atoms. The van der Waals surface area contributed by atoms with Gasteiger partial charge in [-0.3, -0.25) is 0 Å². The summed E-state index contributed by atoms with van der Waals surface area (Å²) < 4.78 is 28.5. The van der Waals surface area contributed by atoms with E-state index in [2.05, 4.69) is 19.6 Å². The van der Waals surface area contributed by atoms with Gasteiger partial charge in [0.15, 0.2) is 0 Å². The Labute approximate surface area is 142 Å². The second kappa shape index (κ2) is 6.12. The number of rotatable bonds is 3. The second-order valence-electron chi connectivity index (χ2n) is 6.10. The van der Waals surface area contributed by atoms with Gasteiger partial charge in [-0.2, -0.15) is 18.9 Å². The molecule has 0 unspecified atom stereocenters. The molecule has 0 radical (unpaired) electrons. The monoisotopic (exact) mass is 351 g/mol. The fourth-order valence-electron chi connectivity index (χ4n) is 3.50. The molecule has 0 bridgehead atoms. The normalized spacial score (nSPS) is 16.3. The van der Waals surface area contributed by atoms with Crippen molar-refractivity contribution in [2.24, 2.45) is 0 Å². The summed E-state index contributed by atoms with van der Waals surface area (Å²) in [4.78, 5) is 8.41. The Balaban J connectivity index is 1.89. The molecule has 8 heteroatoms. The topological polar surface area (TPSA) is 48.5 Å². The average molecular weight is 352 g/mol. The van der Waals surface area contributed by atoms with Crippen molar-refractivity contribution in [1.29, 1.82) is 0 Å². The quantitative estimate of drug-likeness (QED) is 0.634. The van der Waals surface area contributed by atoms with Crippen molar-refractivity contribution in [1.82, 2.24) is 24.3 Å². The Bertz CT molecular complexity index is 867. The number of nitrogens with zero attached hydrogens (tertiary/aromatic N) is 5. The lowest BCUT2D eigenvalue weighted by molar-refractivity contribution is 0.0566. The predicted octanol–water partition coefficient (Wildman–Crippen LogP) is 4.85.